The number of hydrogen-bond acceptors (Lipinski definition) is 2. The van der Waals surface area contributed by atoms with Crippen molar-refractivity contribution in [3.63, 3.8) is 0 Å². The molecule has 0 heterocycles. The van der Waals surface area contributed by atoms with Crippen LogP contribution in [0, 0.1) is 13.8 Å². The van der Waals surface area contributed by atoms with Gasteiger partial charge >= 0.3 is 6.03 Å². The number of nitrogens with one attached hydrogen (secondary N) is 2. The van der Waals surface area contributed by atoms with Crippen molar-refractivity contribution in [3.8, 4) is 5.75 Å². The Balaban J connectivity index is 1.96. The number of rotatable bonds is 4. The molecule has 0 aliphatic carbocycles. The highest BCUT2D eigenvalue weighted by Crippen LogP contribution is 2.18. The molecule has 2 N–H and O–H groups in total. The van der Waals surface area contributed by atoms with Crippen LogP contribution in [0.3, 0.4) is 0 Å². The molecule has 2 amide bonds. The van der Waals surface area contributed by atoms with Gasteiger partial charge in [-0.25, -0.2) is 4.79 Å². The van der Waals surface area contributed by atoms with E-state index in [1.165, 1.54) is 5.56 Å². The summed E-state index contributed by atoms with van der Waals surface area (Å²) in [6.07, 6.45) is 0. The predicted molar refractivity (Wildman–Crippen MR) is 89.5 cm³/mol. The highest BCUT2D eigenvalue weighted by molar-refractivity contribution is 5.89. The van der Waals surface area contributed by atoms with E-state index in [0.717, 1.165) is 22.6 Å². The summed E-state index contributed by atoms with van der Waals surface area (Å²) in [5.41, 5.74) is 4.18. The van der Waals surface area contributed by atoms with Crippen molar-refractivity contribution in [1.29, 1.82) is 0 Å². The summed E-state index contributed by atoms with van der Waals surface area (Å²) in [6, 6.07) is 13.2. The summed E-state index contributed by atoms with van der Waals surface area (Å²) < 4.78 is 5.13. The maximum absolute atomic E-state index is 12.1. The first-order valence-corrected chi connectivity index (χ1v) is 7.28. The second-order valence-electron chi connectivity index (χ2n) is 5.39. The molecule has 0 bridgehead atoms. The van der Waals surface area contributed by atoms with Crippen molar-refractivity contribution in [1.82, 2.24) is 5.32 Å². The summed E-state index contributed by atoms with van der Waals surface area (Å²) in [5.74, 6) is 0.801. The van der Waals surface area contributed by atoms with E-state index in [9.17, 15) is 4.79 Å². The molecule has 0 aromatic heterocycles. The van der Waals surface area contributed by atoms with Crippen LogP contribution in [0.25, 0.3) is 0 Å². The number of amides is 2. The molecule has 0 saturated carbocycles. The zero-order chi connectivity index (χ0) is 16.1. The lowest BCUT2D eigenvalue weighted by molar-refractivity contribution is 0.249. The Labute approximate surface area is 131 Å². The number of carbonyl (C=O) groups excluding carboxylic acids is 1. The molecule has 1 unspecified atom stereocenters. The van der Waals surface area contributed by atoms with E-state index in [0.29, 0.717) is 0 Å². The highest BCUT2D eigenvalue weighted by atomic mass is 16.5. The molecular weight excluding hydrogens is 276 g/mol. The van der Waals surface area contributed by atoms with Gasteiger partial charge in [0.2, 0.25) is 0 Å². The third-order valence-corrected chi connectivity index (χ3v) is 3.73. The maximum Gasteiger partial charge on any atom is 0.319 e. The molecule has 4 nitrogen and oxygen atoms in total. The van der Waals surface area contributed by atoms with Crippen LogP contribution >= 0.6 is 0 Å². The van der Waals surface area contributed by atoms with Gasteiger partial charge < -0.3 is 15.4 Å². The molecule has 0 aliphatic rings. The van der Waals surface area contributed by atoms with Gasteiger partial charge in [-0.2, -0.15) is 0 Å². The highest BCUT2D eigenvalue weighted by Gasteiger charge is 2.10. The van der Waals surface area contributed by atoms with Crippen LogP contribution in [0.2, 0.25) is 0 Å². The van der Waals surface area contributed by atoms with E-state index < -0.39 is 0 Å². The Hall–Kier alpha value is -2.49. The van der Waals surface area contributed by atoms with Crippen molar-refractivity contribution in [2.24, 2.45) is 0 Å². The van der Waals surface area contributed by atoms with Crippen LogP contribution in [-0.4, -0.2) is 13.1 Å². The SMILES string of the molecule is COc1ccc(C(C)NC(=O)Nc2ccc(C)c(C)c2)cc1. The van der Waals surface area contributed by atoms with E-state index in [1.54, 1.807) is 7.11 Å². The molecule has 0 spiro atoms. The van der Waals surface area contributed by atoms with Crippen LogP contribution in [0.5, 0.6) is 5.75 Å². The van der Waals surface area contributed by atoms with E-state index in [4.69, 9.17) is 4.74 Å². The third-order valence-electron chi connectivity index (χ3n) is 3.73. The first-order chi connectivity index (χ1) is 10.5. The Morgan fingerprint density at radius 1 is 1.05 bits per heavy atom. The fraction of sp³-hybridized carbons (Fsp3) is 0.278. The van der Waals surface area contributed by atoms with Gasteiger partial charge in [0.15, 0.2) is 0 Å². The summed E-state index contributed by atoms with van der Waals surface area (Å²) in [6.45, 7) is 6.02. The van der Waals surface area contributed by atoms with Gasteiger partial charge in [0.05, 0.1) is 13.2 Å². The molecule has 116 valence electrons. The summed E-state index contributed by atoms with van der Waals surface area (Å²) >= 11 is 0. The zero-order valence-corrected chi connectivity index (χ0v) is 13.4. The number of anilines is 1. The number of aryl methyl sites for hydroxylation is 2. The third kappa shape index (κ3) is 4.01. The van der Waals surface area contributed by atoms with Gasteiger partial charge in [0, 0.05) is 5.69 Å². The minimum atomic E-state index is -0.216. The fourth-order valence-electron chi connectivity index (χ4n) is 2.16. The lowest BCUT2D eigenvalue weighted by Gasteiger charge is -2.16. The van der Waals surface area contributed by atoms with Gasteiger partial charge in [0.1, 0.15) is 5.75 Å². The standard InChI is InChI=1S/C18H22N2O2/c1-12-5-8-16(11-13(12)2)20-18(21)19-14(3)15-6-9-17(22-4)10-7-15/h5-11,14H,1-4H3,(H2,19,20,21). The second-order valence-corrected chi connectivity index (χ2v) is 5.39. The molecule has 2 aromatic carbocycles. The average Bonchev–Trinajstić information content (AvgIpc) is 2.51. The monoisotopic (exact) mass is 298 g/mol. The Morgan fingerprint density at radius 2 is 1.73 bits per heavy atom. The van der Waals surface area contributed by atoms with E-state index in [2.05, 4.69) is 10.6 Å². The van der Waals surface area contributed by atoms with E-state index >= 15 is 0 Å². The van der Waals surface area contributed by atoms with Gasteiger partial charge in [-0.15, -0.1) is 0 Å². The smallest absolute Gasteiger partial charge is 0.319 e. The van der Waals surface area contributed by atoms with Gasteiger partial charge in [-0.1, -0.05) is 18.2 Å². The van der Waals surface area contributed by atoms with Gasteiger partial charge in [-0.3, -0.25) is 0 Å². The van der Waals surface area contributed by atoms with Crippen LogP contribution in [0.4, 0.5) is 10.5 Å². The van der Waals surface area contributed by atoms with Gasteiger partial charge in [-0.05, 0) is 61.7 Å². The largest absolute Gasteiger partial charge is 0.497 e. The number of urea groups is 1. The Kier molecular flexibility index (Phi) is 5.04. The van der Waals surface area contributed by atoms with Crippen LogP contribution in [0.1, 0.15) is 29.7 Å². The number of methoxy groups -OCH3 is 1. The lowest BCUT2D eigenvalue weighted by Crippen LogP contribution is -2.31. The van der Waals surface area contributed by atoms with Crippen molar-refractivity contribution in [2.45, 2.75) is 26.8 Å². The number of hydrogen-bond donors (Lipinski definition) is 2. The maximum atomic E-state index is 12.1. The lowest BCUT2D eigenvalue weighted by atomic mass is 10.1. The molecule has 2 aromatic rings. The van der Waals surface area contributed by atoms with Crippen molar-refractivity contribution >= 4 is 11.7 Å². The average molecular weight is 298 g/mol. The quantitative estimate of drug-likeness (QED) is 0.889. The molecule has 4 heteroatoms. The molecule has 0 saturated heterocycles. The summed E-state index contributed by atoms with van der Waals surface area (Å²) in [7, 11) is 1.63. The fourth-order valence-corrected chi connectivity index (χ4v) is 2.16. The predicted octanol–water partition coefficient (Wildman–Crippen LogP) is 4.19. The van der Waals surface area contributed by atoms with Crippen molar-refractivity contribution in [2.75, 3.05) is 12.4 Å². The molecule has 1 atom stereocenters. The topological polar surface area (TPSA) is 50.4 Å². The van der Waals surface area contributed by atoms with Crippen molar-refractivity contribution < 1.29 is 9.53 Å². The first kappa shape index (κ1) is 15.9. The normalized spacial score (nSPS) is 11.6. The molecule has 2 rings (SSSR count). The summed E-state index contributed by atoms with van der Waals surface area (Å²) in [4.78, 5) is 12.1. The van der Waals surface area contributed by atoms with E-state index in [-0.39, 0.29) is 12.1 Å². The summed E-state index contributed by atoms with van der Waals surface area (Å²) in [5, 5.41) is 5.78. The molecular formula is C18H22N2O2. The Bertz CT molecular complexity index is 651. The Morgan fingerprint density at radius 3 is 2.32 bits per heavy atom. The van der Waals surface area contributed by atoms with E-state index in [1.807, 2.05) is 63.2 Å². The number of carbonyl (C=O) groups is 1. The minimum absolute atomic E-state index is 0.0857. The molecule has 22 heavy (non-hydrogen) atoms. The first-order valence-electron chi connectivity index (χ1n) is 7.28. The van der Waals surface area contributed by atoms with Crippen LogP contribution in [-0.2, 0) is 0 Å². The number of benzene rings is 2. The zero-order valence-electron chi connectivity index (χ0n) is 13.4. The van der Waals surface area contributed by atoms with Crippen molar-refractivity contribution in [3.05, 3.63) is 59.2 Å². The number of ether oxygens (including phenoxy) is 1. The molecule has 0 aliphatic heterocycles. The molecule has 0 radical (unpaired) electrons. The van der Waals surface area contributed by atoms with Gasteiger partial charge in [0.25, 0.3) is 0 Å². The van der Waals surface area contributed by atoms with Crippen LogP contribution in [0.15, 0.2) is 42.5 Å². The minimum Gasteiger partial charge on any atom is -0.497 e. The molecule has 0 fully saturated rings. The second kappa shape index (κ2) is 6.98. The van der Waals surface area contributed by atoms with Crippen LogP contribution < -0.4 is 15.4 Å².